The van der Waals surface area contributed by atoms with Gasteiger partial charge in [0.25, 0.3) is 0 Å². The lowest BCUT2D eigenvalue weighted by molar-refractivity contribution is -0.144. The summed E-state index contributed by atoms with van der Waals surface area (Å²) in [5.41, 5.74) is 12.6. The Bertz CT molecular complexity index is 1790. The number of nitrogens with two attached hydrogens (primary N) is 1. The summed E-state index contributed by atoms with van der Waals surface area (Å²) < 4.78 is 2.12. The van der Waals surface area contributed by atoms with Crippen molar-refractivity contribution in [2.75, 3.05) is 45.1 Å². The van der Waals surface area contributed by atoms with Gasteiger partial charge >= 0.3 is 12.0 Å². The molecule has 3 aromatic carbocycles. The van der Waals surface area contributed by atoms with E-state index in [0.717, 1.165) is 100.0 Å². The number of benzene rings is 3. The van der Waals surface area contributed by atoms with Crippen molar-refractivity contribution in [2.45, 2.75) is 82.8 Å². The first-order chi connectivity index (χ1) is 24.2. The molecule has 2 saturated heterocycles. The summed E-state index contributed by atoms with van der Waals surface area (Å²) in [6.07, 6.45) is 7.04. The Hall–Kier alpha value is -4.25. The fraction of sp³-hybridized carbons (Fsp3) is 0.475. The van der Waals surface area contributed by atoms with Gasteiger partial charge in [-0.25, -0.2) is 14.6 Å². The maximum absolute atomic E-state index is 12.7. The number of carbonyl (C=O) groups is 2. The number of amides is 2. The third-order valence-electron chi connectivity index (χ3n) is 10.8. The number of hydrogen-bond acceptors (Lipinski definition) is 6. The van der Waals surface area contributed by atoms with E-state index in [4.69, 9.17) is 10.7 Å². The average Bonchev–Trinajstić information content (AvgIpc) is 3.45. The molecule has 4 aromatic rings. The molecule has 10 nitrogen and oxygen atoms in total. The molecule has 50 heavy (non-hydrogen) atoms. The van der Waals surface area contributed by atoms with Crippen LogP contribution in [-0.2, 0) is 36.0 Å². The predicted octanol–water partition coefficient (Wildman–Crippen LogP) is 5.74. The van der Waals surface area contributed by atoms with Gasteiger partial charge in [0.2, 0.25) is 0 Å². The molecule has 0 aliphatic carbocycles. The molecule has 2 fully saturated rings. The molecule has 0 radical (unpaired) electrons. The average molecular weight is 680 g/mol. The molecule has 4 heterocycles. The standard InChI is InChI=1S/C26H34N4O2.C14H19N3O/c1-4-19-11-10-18(16-20(19)5-2)17-26(27,25(31)32)24-28-22-8-6-7-9-23(22)30(24)21-12-14-29(3)15-13-21;18-14-16-13-4-2-1-3-11(13)7-10-17(14)12-5-8-15-9-6-12/h6-11,16,21H,4-5,12-15,17,27H2,1-3H3,(H,31,32);1-4,12,15H,5-10H2,(H,16,18). The molecule has 10 heteroatoms. The summed E-state index contributed by atoms with van der Waals surface area (Å²) in [6.45, 7) is 9.07. The first kappa shape index (κ1) is 35.6. The molecule has 3 aliphatic heterocycles. The Morgan fingerprint density at radius 3 is 2.34 bits per heavy atom. The first-order valence-corrected chi connectivity index (χ1v) is 18.4. The van der Waals surface area contributed by atoms with Crippen LogP contribution in [0.1, 0.15) is 73.7 Å². The van der Waals surface area contributed by atoms with Gasteiger partial charge in [-0.05, 0) is 119 Å². The number of aliphatic carboxylic acids is 1. The predicted molar refractivity (Wildman–Crippen MR) is 200 cm³/mol. The van der Waals surface area contributed by atoms with Crippen LogP contribution in [0.4, 0.5) is 10.5 Å². The Morgan fingerprint density at radius 1 is 0.920 bits per heavy atom. The molecule has 1 aromatic heterocycles. The number of para-hydroxylation sites is 3. The SMILES string of the molecule is CCc1ccc(CC(N)(C(=O)O)c2nc3ccccc3n2C2CCN(C)CC2)cc1CC.O=C1Nc2ccccc2CCN1C1CCNCC1. The third kappa shape index (κ3) is 7.57. The zero-order chi connectivity index (χ0) is 35.3. The highest BCUT2D eigenvalue weighted by atomic mass is 16.4. The van der Waals surface area contributed by atoms with Crippen molar-refractivity contribution in [3.05, 3.63) is 94.8 Å². The lowest BCUT2D eigenvalue weighted by atomic mass is 9.88. The fourth-order valence-corrected chi connectivity index (χ4v) is 7.87. The van der Waals surface area contributed by atoms with Gasteiger partial charge in [-0.1, -0.05) is 62.4 Å². The fourth-order valence-electron chi connectivity index (χ4n) is 7.87. The van der Waals surface area contributed by atoms with E-state index in [1.807, 2.05) is 53.4 Å². The van der Waals surface area contributed by atoms with E-state index >= 15 is 0 Å². The smallest absolute Gasteiger partial charge is 0.331 e. The van der Waals surface area contributed by atoms with Crippen LogP contribution in [0.2, 0.25) is 0 Å². The highest BCUT2D eigenvalue weighted by Crippen LogP contribution is 2.34. The van der Waals surface area contributed by atoms with Gasteiger partial charge in [0.15, 0.2) is 5.54 Å². The zero-order valence-corrected chi connectivity index (χ0v) is 29.8. The molecule has 3 aliphatic rings. The van der Waals surface area contributed by atoms with E-state index in [0.29, 0.717) is 11.9 Å². The van der Waals surface area contributed by atoms with Crippen LogP contribution in [0, 0.1) is 0 Å². The zero-order valence-electron chi connectivity index (χ0n) is 29.8. The second kappa shape index (κ2) is 15.7. The second-order valence-corrected chi connectivity index (χ2v) is 14.1. The topological polar surface area (TPSA) is 129 Å². The van der Waals surface area contributed by atoms with Gasteiger partial charge in [-0.3, -0.25) is 0 Å². The molecule has 1 unspecified atom stereocenters. The molecule has 5 N–H and O–H groups in total. The van der Waals surface area contributed by atoms with Crippen LogP contribution in [-0.4, -0.2) is 82.3 Å². The molecule has 0 bridgehead atoms. The molecule has 0 saturated carbocycles. The van der Waals surface area contributed by atoms with Crippen molar-refractivity contribution in [3.8, 4) is 0 Å². The molecule has 7 rings (SSSR count). The normalized spacial score (nSPS) is 18.8. The lowest BCUT2D eigenvalue weighted by Crippen LogP contribution is -2.49. The number of imidazole rings is 1. The molecule has 0 spiro atoms. The number of aryl methyl sites for hydroxylation is 2. The molecular formula is C40H53N7O3. The molecule has 266 valence electrons. The van der Waals surface area contributed by atoms with Crippen LogP contribution >= 0.6 is 0 Å². The van der Waals surface area contributed by atoms with Crippen LogP contribution in [0.3, 0.4) is 0 Å². The summed E-state index contributed by atoms with van der Waals surface area (Å²) in [5.74, 6) is -0.585. The number of carboxylic acids is 1. The Balaban J connectivity index is 0.000000202. The van der Waals surface area contributed by atoms with Gasteiger partial charge in [0, 0.05) is 30.7 Å². The largest absolute Gasteiger partial charge is 0.480 e. The maximum Gasteiger partial charge on any atom is 0.331 e. The van der Waals surface area contributed by atoms with E-state index in [-0.39, 0.29) is 18.5 Å². The number of likely N-dealkylation sites (tertiary alicyclic amines) is 1. The summed E-state index contributed by atoms with van der Waals surface area (Å²) in [5, 5.41) is 16.8. The van der Waals surface area contributed by atoms with Crippen molar-refractivity contribution in [1.29, 1.82) is 0 Å². The number of nitrogens with one attached hydrogen (secondary N) is 2. The van der Waals surface area contributed by atoms with E-state index in [1.54, 1.807) is 0 Å². The minimum Gasteiger partial charge on any atom is -0.480 e. The highest BCUT2D eigenvalue weighted by Gasteiger charge is 2.43. The summed E-state index contributed by atoms with van der Waals surface area (Å²) >= 11 is 0. The van der Waals surface area contributed by atoms with Crippen molar-refractivity contribution in [2.24, 2.45) is 5.73 Å². The van der Waals surface area contributed by atoms with Crippen molar-refractivity contribution < 1.29 is 14.7 Å². The number of aromatic nitrogens is 2. The third-order valence-corrected chi connectivity index (χ3v) is 10.8. The number of urea groups is 1. The van der Waals surface area contributed by atoms with Crippen LogP contribution in [0.5, 0.6) is 0 Å². The quantitative estimate of drug-likeness (QED) is 0.187. The summed E-state index contributed by atoms with van der Waals surface area (Å²) in [6, 6.07) is 22.9. The number of carbonyl (C=O) groups excluding carboxylic acids is 1. The molecule has 2 amide bonds. The van der Waals surface area contributed by atoms with Gasteiger partial charge in [-0.15, -0.1) is 0 Å². The number of nitrogens with zero attached hydrogens (tertiary/aromatic N) is 4. The van der Waals surface area contributed by atoms with Crippen LogP contribution in [0.15, 0.2) is 66.7 Å². The Kier molecular flexibility index (Phi) is 11.2. The van der Waals surface area contributed by atoms with Gasteiger partial charge in [0.1, 0.15) is 5.82 Å². The highest BCUT2D eigenvalue weighted by molar-refractivity contribution is 5.91. The molecular weight excluding hydrogens is 626 g/mol. The minimum atomic E-state index is -1.61. The van der Waals surface area contributed by atoms with Crippen LogP contribution < -0.4 is 16.4 Å². The van der Waals surface area contributed by atoms with E-state index in [9.17, 15) is 14.7 Å². The number of hydrogen-bond donors (Lipinski definition) is 4. The number of carboxylic acid groups (broad SMARTS) is 1. The Morgan fingerprint density at radius 2 is 1.62 bits per heavy atom. The van der Waals surface area contributed by atoms with E-state index < -0.39 is 11.5 Å². The van der Waals surface area contributed by atoms with Gasteiger partial charge < -0.3 is 35.8 Å². The molecule has 1 atom stereocenters. The summed E-state index contributed by atoms with van der Waals surface area (Å²) in [4.78, 5) is 34.1. The second-order valence-electron chi connectivity index (χ2n) is 14.1. The van der Waals surface area contributed by atoms with Crippen molar-refractivity contribution >= 4 is 28.7 Å². The van der Waals surface area contributed by atoms with Crippen LogP contribution in [0.25, 0.3) is 11.0 Å². The van der Waals surface area contributed by atoms with E-state index in [2.05, 4.69) is 59.2 Å². The number of anilines is 1. The Labute approximate surface area is 296 Å². The van der Waals surface area contributed by atoms with Crippen molar-refractivity contribution in [1.82, 2.24) is 24.7 Å². The lowest BCUT2D eigenvalue weighted by Gasteiger charge is -2.34. The van der Waals surface area contributed by atoms with Crippen molar-refractivity contribution in [3.63, 3.8) is 0 Å². The monoisotopic (exact) mass is 679 g/mol. The minimum absolute atomic E-state index is 0.0619. The number of fused-ring (bicyclic) bond motifs is 2. The number of rotatable bonds is 8. The number of piperidine rings is 2. The van der Waals surface area contributed by atoms with E-state index in [1.165, 1.54) is 16.7 Å². The first-order valence-electron chi connectivity index (χ1n) is 18.4. The van der Waals surface area contributed by atoms with Gasteiger partial charge in [0.05, 0.1) is 11.0 Å². The summed E-state index contributed by atoms with van der Waals surface area (Å²) in [7, 11) is 2.12. The maximum atomic E-state index is 12.7. The van der Waals surface area contributed by atoms with Gasteiger partial charge in [-0.2, -0.15) is 0 Å².